The van der Waals surface area contributed by atoms with Crippen LogP contribution in [0.5, 0.6) is 0 Å². The molecule has 3 aliphatic heterocycles. The molecule has 9 nitrogen and oxygen atoms in total. The van der Waals surface area contributed by atoms with Crippen LogP contribution in [0.15, 0.2) is 64.0 Å². The smallest absolute Gasteiger partial charge is 0.392 e. The summed E-state index contributed by atoms with van der Waals surface area (Å²) in [5.41, 5.74) is 0.594. The number of alkyl carbamates (subject to hydrolysis) is 1. The number of hydrogen-bond acceptors (Lipinski definition) is 8. The number of oxime groups is 1. The van der Waals surface area contributed by atoms with E-state index in [0.717, 1.165) is 37.4 Å². The van der Waals surface area contributed by atoms with Crippen molar-refractivity contribution in [2.24, 2.45) is 5.16 Å². The monoisotopic (exact) mass is 588 g/mol. The van der Waals surface area contributed by atoms with Crippen molar-refractivity contribution in [3.63, 3.8) is 0 Å². The second-order valence-electron chi connectivity index (χ2n) is 10.3. The molecule has 2 saturated heterocycles. The summed E-state index contributed by atoms with van der Waals surface area (Å²) in [5.74, 6) is 0.222. The molecule has 3 aliphatic rings. The summed E-state index contributed by atoms with van der Waals surface area (Å²) in [7, 11) is -3.59. The van der Waals surface area contributed by atoms with E-state index in [9.17, 15) is 13.2 Å². The number of nitrogens with zero attached hydrogens (tertiary/aromatic N) is 3. The van der Waals surface area contributed by atoms with Crippen molar-refractivity contribution in [2.75, 3.05) is 26.2 Å². The molecule has 0 bridgehead atoms. The maximum absolute atomic E-state index is 12.9. The summed E-state index contributed by atoms with van der Waals surface area (Å²) < 4.78 is 33.4. The fourth-order valence-electron chi connectivity index (χ4n) is 5.50. The van der Waals surface area contributed by atoms with E-state index in [-0.39, 0.29) is 16.1 Å². The molecule has 1 amide bonds. The van der Waals surface area contributed by atoms with Gasteiger partial charge in [-0.25, -0.2) is 13.2 Å². The second kappa shape index (κ2) is 10.7. The maximum Gasteiger partial charge on any atom is 0.414 e. The summed E-state index contributed by atoms with van der Waals surface area (Å²) in [6.45, 7) is 3.05. The Morgan fingerprint density at radius 3 is 2.69 bits per heavy atom. The van der Waals surface area contributed by atoms with E-state index in [1.807, 2.05) is 12.1 Å². The number of halogens is 1. The zero-order valence-corrected chi connectivity index (χ0v) is 23.6. The van der Waals surface area contributed by atoms with Crippen LogP contribution in [0.1, 0.15) is 31.2 Å². The van der Waals surface area contributed by atoms with Crippen molar-refractivity contribution in [3.05, 3.63) is 64.5 Å². The highest BCUT2D eigenvalue weighted by atomic mass is 35.5. The number of rotatable bonds is 5. The lowest BCUT2D eigenvalue weighted by molar-refractivity contribution is -0.0506. The Kier molecular flexibility index (Phi) is 7.28. The highest BCUT2D eigenvalue weighted by Crippen LogP contribution is 2.37. The average molecular weight is 589 g/mol. The first kappa shape index (κ1) is 26.5. The Morgan fingerprint density at radius 2 is 1.92 bits per heavy atom. The summed E-state index contributed by atoms with van der Waals surface area (Å²) in [6.07, 6.45) is 1.54. The number of ether oxygens (including phenoxy) is 1. The fraction of sp³-hybridized carbons (Fsp3) is 0.407. The number of fused-ring (bicyclic) bond motifs is 1. The Morgan fingerprint density at radius 1 is 1.13 bits per heavy atom. The third-order valence-corrected chi connectivity index (χ3v) is 11.2. The molecular weight excluding hydrogens is 560 g/mol. The largest absolute Gasteiger partial charge is 0.414 e. The number of sulfonamides is 1. The van der Waals surface area contributed by atoms with E-state index < -0.39 is 21.7 Å². The Hall–Kier alpha value is -2.70. The Balaban J connectivity index is 0.958. The number of hydrogen-bond donors (Lipinski definition) is 1. The predicted molar refractivity (Wildman–Crippen MR) is 150 cm³/mol. The molecule has 0 saturated carbocycles. The molecule has 206 valence electrons. The Bertz CT molecular complexity index is 1520. The minimum atomic E-state index is -3.59. The lowest BCUT2D eigenvalue weighted by Gasteiger charge is -2.35. The van der Waals surface area contributed by atoms with Crippen LogP contribution in [0.25, 0.3) is 10.8 Å². The normalized spacial score (nSPS) is 21.7. The number of benzene rings is 2. The molecule has 0 aliphatic carbocycles. The van der Waals surface area contributed by atoms with Crippen LogP contribution in [0, 0.1) is 0 Å². The molecule has 0 radical (unpaired) electrons. The standard InChI is InChI=1S/C27H29ClN4O5S2/c28-23-7-8-25(38-23)39(34,35)32-13-10-27(11-14-32)16-24(30-37-27)36-26(33)29-22-9-12-31(18-22)17-19-5-6-20-3-1-2-4-21(20)15-19/h1-8,15,22H,9-14,16-18H2,(H,29,33). The van der Waals surface area contributed by atoms with Crippen LogP contribution in [0.2, 0.25) is 4.34 Å². The molecule has 3 aromatic rings. The predicted octanol–water partition coefficient (Wildman–Crippen LogP) is 4.81. The molecule has 2 aromatic carbocycles. The van der Waals surface area contributed by atoms with Crippen molar-refractivity contribution < 1.29 is 22.8 Å². The maximum atomic E-state index is 12.9. The lowest BCUT2D eigenvalue weighted by Crippen LogP contribution is -2.46. The topological polar surface area (TPSA) is 101 Å². The molecule has 1 spiro atoms. The van der Waals surface area contributed by atoms with Gasteiger partial charge >= 0.3 is 6.09 Å². The summed E-state index contributed by atoms with van der Waals surface area (Å²) in [6, 6.07) is 17.9. The molecule has 6 rings (SSSR count). The van der Waals surface area contributed by atoms with Gasteiger partial charge in [0.25, 0.3) is 10.0 Å². The zero-order valence-electron chi connectivity index (χ0n) is 21.2. The van der Waals surface area contributed by atoms with Crippen LogP contribution in [0.3, 0.4) is 0 Å². The number of nitrogens with one attached hydrogen (secondary N) is 1. The van der Waals surface area contributed by atoms with Gasteiger partial charge in [-0.05, 0) is 41.0 Å². The van der Waals surface area contributed by atoms with Gasteiger partial charge < -0.3 is 14.9 Å². The number of amides is 1. The van der Waals surface area contributed by atoms with E-state index in [1.165, 1.54) is 26.7 Å². The van der Waals surface area contributed by atoms with E-state index >= 15 is 0 Å². The van der Waals surface area contributed by atoms with Gasteiger partial charge in [0.1, 0.15) is 9.81 Å². The van der Waals surface area contributed by atoms with Crippen molar-refractivity contribution in [2.45, 2.75) is 48.1 Å². The van der Waals surface area contributed by atoms with Crippen molar-refractivity contribution in [1.82, 2.24) is 14.5 Å². The molecule has 12 heteroatoms. The third kappa shape index (κ3) is 5.78. The van der Waals surface area contributed by atoms with Gasteiger partial charge in [-0.15, -0.1) is 11.3 Å². The minimum Gasteiger partial charge on any atom is -0.392 e. The van der Waals surface area contributed by atoms with Crippen LogP contribution in [-0.4, -0.2) is 67.4 Å². The molecule has 1 N–H and O–H groups in total. The van der Waals surface area contributed by atoms with E-state index in [0.29, 0.717) is 36.7 Å². The van der Waals surface area contributed by atoms with Gasteiger partial charge in [0.05, 0.1) is 10.8 Å². The number of likely N-dealkylation sites (tertiary alicyclic amines) is 1. The van der Waals surface area contributed by atoms with Gasteiger partial charge in [0, 0.05) is 51.6 Å². The van der Waals surface area contributed by atoms with Gasteiger partial charge in [0.2, 0.25) is 5.90 Å². The highest BCUT2D eigenvalue weighted by Gasteiger charge is 2.46. The van der Waals surface area contributed by atoms with Crippen LogP contribution >= 0.6 is 22.9 Å². The van der Waals surface area contributed by atoms with E-state index in [4.69, 9.17) is 21.2 Å². The zero-order chi connectivity index (χ0) is 27.0. The van der Waals surface area contributed by atoms with Gasteiger partial charge in [-0.3, -0.25) is 4.90 Å². The molecule has 2 fully saturated rings. The SMILES string of the molecule is O=C(NC1CCN(Cc2ccc3ccccc3c2)C1)OC1=NOC2(CCN(S(=O)(=O)c3ccc(Cl)s3)CC2)C1. The highest BCUT2D eigenvalue weighted by molar-refractivity contribution is 7.91. The average Bonchev–Trinajstić information content (AvgIpc) is 3.65. The van der Waals surface area contributed by atoms with E-state index in [1.54, 1.807) is 6.07 Å². The van der Waals surface area contributed by atoms with Gasteiger partial charge in [-0.1, -0.05) is 53.2 Å². The van der Waals surface area contributed by atoms with Crippen LogP contribution < -0.4 is 5.32 Å². The number of carbonyl (C=O) groups excluding carboxylic acids is 1. The first-order valence-electron chi connectivity index (χ1n) is 13.0. The Labute approximate surface area is 236 Å². The van der Waals surface area contributed by atoms with Gasteiger partial charge in [-0.2, -0.15) is 4.31 Å². The minimum absolute atomic E-state index is 0.00552. The van der Waals surface area contributed by atoms with Gasteiger partial charge in [0.15, 0.2) is 0 Å². The van der Waals surface area contributed by atoms with Crippen LogP contribution in [-0.2, 0) is 26.1 Å². The van der Waals surface area contributed by atoms with Crippen LogP contribution in [0.4, 0.5) is 4.79 Å². The second-order valence-corrected chi connectivity index (χ2v) is 14.2. The molecule has 4 heterocycles. The number of carbonyl (C=O) groups is 1. The number of piperidine rings is 1. The summed E-state index contributed by atoms with van der Waals surface area (Å²) >= 11 is 6.97. The third-order valence-electron chi connectivity index (χ3n) is 7.62. The van der Waals surface area contributed by atoms with E-state index in [2.05, 4.69) is 45.7 Å². The summed E-state index contributed by atoms with van der Waals surface area (Å²) in [4.78, 5) is 20.6. The molecule has 1 unspecified atom stereocenters. The van der Waals surface area contributed by atoms with Crippen molar-refractivity contribution >= 4 is 55.7 Å². The summed E-state index contributed by atoms with van der Waals surface area (Å²) in [5, 5.41) is 9.42. The van der Waals surface area contributed by atoms with Crippen molar-refractivity contribution in [3.8, 4) is 0 Å². The quantitative estimate of drug-likeness (QED) is 0.459. The molecule has 1 aromatic heterocycles. The number of thiophene rings is 1. The first-order chi connectivity index (χ1) is 18.8. The molecule has 39 heavy (non-hydrogen) atoms. The molecular formula is C27H29ClN4O5S2. The molecule has 1 atom stereocenters. The lowest BCUT2D eigenvalue weighted by atomic mass is 9.89. The first-order valence-corrected chi connectivity index (χ1v) is 15.6. The fourth-order valence-corrected chi connectivity index (χ4v) is 8.58. The van der Waals surface area contributed by atoms with Crippen molar-refractivity contribution in [1.29, 1.82) is 0 Å².